The summed E-state index contributed by atoms with van der Waals surface area (Å²) in [6.07, 6.45) is 0.396. The van der Waals surface area contributed by atoms with E-state index in [4.69, 9.17) is 0 Å². The Bertz CT molecular complexity index is 679. The highest BCUT2D eigenvalue weighted by atomic mass is 16.3. The Morgan fingerprint density at radius 3 is 2.59 bits per heavy atom. The Kier molecular flexibility index (Phi) is 4.86. The van der Waals surface area contributed by atoms with Crippen molar-refractivity contribution < 1.29 is 9.90 Å². The number of phenols is 1. The van der Waals surface area contributed by atoms with Gasteiger partial charge >= 0.3 is 0 Å². The fourth-order valence-corrected chi connectivity index (χ4v) is 2.50. The zero-order valence-corrected chi connectivity index (χ0v) is 13.6. The minimum atomic E-state index is -0.0790. The molecule has 2 aromatic rings. The number of aryl methyl sites for hydroxylation is 2. The smallest absolute Gasteiger partial charge is 0.227 e. The number of carbonyl (C=O) groups is 1. The lowest BCUT2D eigenvalue weighted by molar-refractivity contribution is -0.131. The van der Waals surface area contributed by atoms with Crippen LogP contribution in [0.5, 0.6) is 5.75 Å². The Balaban J connectivity index is 2.13. The number of nitrogens with zero attached hydrogens (tertiary/aromatic N) is 1. The van der Waals surface area contributed by atoms with Gasteiger partial charge in [-0.05, 0) is 49.6 Å². The molecule has 0 aliphatic rings. The maximum Gasteiger partial charge on any atom is 0.227 e. The molecule has 0 saturated heterocycles. The van der Waals surface area contributed by atoms with Crippen molar-refractivity contribution >= 4 is 5.91 Å². The summed E-state index contributed by atoms with van der Waals surface area (Å²) in [4.78, 5) is 14.3. The van der Waals surface area contributed by atoms with Crippen LogP contribution in [0.15, 0.2) is 42.5 Å². The first-order chi connectivity index (χ1) is 10.4. The minimum absolute atomic E-state index is 0.0737. The highest BCUT2D eigenvalue weighted by Gasteiger charge is 2.18. The highest BCUT2D eigenvalue weighted by molar-refractivity contribution is 5.79. The summed E-state index contributed by atoms with van der Waals surface area (Å²) in [5, 5.41) is 9.58. The van der Waals surface area contributed by atoms with Crippen LogP contribution in [-0.4, -0.2) is 23.0 Å². The van der Waals surface area contributed by atoms with E-state index in [1.54, 1.807) is 23.1 Å². The van der Waals surface area contributed by atoms with Crippen LogP contribution in [0.2, 0.25) is 0 Å². The largest absolute Gasteiger partial charge is 0.508 e. The van der Waals surface area contributed by atoms with Crippen LogP contribution in [0.1, 0.15) is 35.2 Å². The van der Waals surface area contributed by atoms with Crippen LogP contribution in [0, 0.1) is 13.8 Å². The Morgan fingerprint density at radius 2 is 1.91 bits per heavy atom. The lowest BCUT2D eigenvalue weighted by Crippen LogP contribution is -2.31. The van der Waals surface area contributed by atoms with Crippen LogP contribution in [0.25, 0.3) is 0 Å². The van der Waals surface area contributed by atoms with Gasteiger partial charge in [0, 0.05) is 7.05 Å². The van der Waals surface area contributed by atoms with Crippen LogP contribution in [0.4, 0.5) is 0 Å². The van der Waals surface area contributed by atoms with E-state index >= 15 is 0 Å². The zero-order chi connectivity index (χ0) is 16.3. The van der Waals surface area contributed by atoms with Gasteiger partial charge in [-0.15, -0.1) is 0 Å². The fraction of sp³-hybridized carbons (Fsp3) is 0.316. The Hall–Kier alpha value is -2.29. The molecule has 1 N–H and O–H groups in total. The Morgan fingerprint density at radius 1 is 1.18 bits per heavy atom. The van der Waals surface area contributed by atoms with Gasteiger partial charge in [0.25, 0.3) is 0 Å². The topological polar surface area (TPSA) is 40.5 Å². The summed E-state index contributed by atoms with van der Waals surface area (Å²) in [5.41, 5.74) is 4.30. The van der Waals surface area contributed by atoms with Crippen molar-refractivity contribution in [2.24, 2.45) is 0 Å². The van der Waals surface area contributed by atoms with Gasteiger partial charge in [0.05, 0.1) is 12.5 Å². The number of rotatable bonds is 4. The molecule has 2 rings (SSSR count). The molecule has 0 unspecified atom stereocenters. The molecule has 3 heteroatoms. The lowest BCUT2D eigenvalue weighted by atomic mass is 10.0. The van der Waals surface area contributed by atoms with Crippen LogP contribution < -0.4 is 0 Å². The SMILES string of the molecule is Cc1ccc(C)c(CC(=O)N(C)[C@H](C)c2cccc(O)c2)c1. The molecule has 0 spiro atoms. The minimum Gasteiger partial charge on any atom is -0.508 e. The number of phenolic OH excluding ortho intramolecular Hbond substituents is 1. The first kappa shape index (κ1) is 16.1. The summed E-state index contributed by atoms with van der Waals surface area (Å²) < 4.78 is 0. The van der Waals surface area contributed by atoms with Crippen molar-refractivity contribution in [1.82, 2.24) is 4.90 Å². The van der Waals surface area contributed by atoms with Crippen LogP contribution in [-0.2, 0) is 11.2 Å². The number of hydrogen-bond acceptors (Lipinski definition) is 2. The molecule has 0 fully saturated rings. The molecule has 0 aromatic heterocycles. The predicted octanol–water partition coefficient (Wildman–Crippen LogP) is 3.77. The molecule has 0 aliphatic carbocycles. The van der Waals surface area contributed by atoms with E-state index in [2.05, 4.69) is 18.2 Å². The van der Waals surface area contributed by atoms with Crippen molar-refractivity contribution in [2.75, 3.05) is 7.05 Å². The molecule has 0 aliphatic heterocycles. The van der Waals surface area contributed by atoms with Crippen molar-refractivity contribution in [1.29, 1.82) is 0 Å². The van der Waals surface area contributed by atoms with Crippen molar-refractivity contribution in [3.63, 3.8) is 0 Å². The molecule has 1 amide bonds. The van der Waals surface area contributed by atoms with Gasteiger partial charge < -0.3 is 10.0 Å². The molecule has 1 atom stereocenters. The number of aromatic hydroxyl groups is 1. The molecule has 0 radical (unpaired) electrons. The third-order valence-corrected chi connectivity index (χ3v) is 4.17. The van der Waals surface area contributed by atoms with E-state index in [1.807, 2.05) is 33.9 Å². The monoisotopic (exact) mass is 297 g/mol. The summed E-state index contributed by atoms with van der Waals surface area (Å²) >= 11 is 0. The van der Waals surface area contributed by atoms with Gasteiger partial charge in [0.1, 0.15) is 5.75 Å². The number of amides is 1. The van der Waals surface area contributed by atoms with Crippen LogP contribution >= 0.6 is 0 Å². The summed E-state index contributed by atoms with van der Waals surface area (Å²) in [6.45, 7) is 6.03. The van der Waals surface area contributed by atoms with E-state index in [1.165, 1.54) is 0 Å². The van der Waals surface area contributed by atoms with E-state index < -0.39 is 0 Å². The molecule has 3 nitrogen and oxygen atoms in total. The maximum atomic E-state index is 12.5. The molecular weight excluding hydrogens is 274 g/mol. The third kappa shape index (κ3) is 3.67. The van der Waals surface area contributed by atoms with Gasteiger partial charge in [-0.2, -0.15) is 0 Å². The molecule has 22 heavy (non-hydrogen) atoms. The standard InChI is InChI=1S/C19H23NO2/c1-13-8-9-14(2)17(10-13)12-19(22)20(4)15(3)16-6-5-7-18(21)11-16/h5-11,15,21H,12H2,1-4H3/t15-/m1/s1. The number of likely N-dealkylation sites (N-methyl/N-ethyl adjacent to an activating group) is 1. The molecule has 0 heterocycles. The Labute approximate surface area is 132 Å². The third-order valence-electron chi connectivity index (χ3n) is 4.17. The zero-order valence-electron chi connectivity index (χ0n) is 13.6. The van der Waals surface area contributed by atoms with Gasteiger partial charge in [0.15, 0.2) is 0 Å². The quantitative estimate of drug-likeness (QED) is 0.933. The van der Waals surface area contributed by atoms with E-state index in [-0.39, 0.29) is 17.7 Å². The fourth-order valence-electron chi connectivity index (χ4n) is 2.50. The summed E-state index contributed by atoms with van der Waals surface area (Å²) in [6, 6.07) is 13.2. The highest BCUT2D eigenvalue weighted by Crippen LogP contribution is 2.23. The molecule has 2 aromatic carbocycles. The number of hydrogen-bond donors (Lipinski definition) is 1. The number of benzene rings is 2. The second-order valence-corrected chi connectivity index (χ2v) is 5.88. The summed E-state index contributed by atoms with van der Waals surface area (Å²) in [5.74, 6) is 0.296. The van der Waals surface area contributed by atoms with Crippen LogP contribution in [0.3, 0.4) is 0 Å². The molecular formula is C19H23NO2. The van der Waals surface area contributed by atoms with E-state index in [0.29, 0.717) is 6.42 Å². The lowest BCUT2D eigenvalue weighted by Gasteiger charge is -2.26. The van der Waals surface area contributed by atoms with Gasteiger partial charge in [-0.1, -0.05) is 35.9 Å². The first-order valence-corrected chi connectivity index (χ1v) is 7.49. The molecule has 0 saturated carbocycles. The van der Waals surface area contributed by atoms with Crippen molar-refractivity contribution in [2.45, 2.75) is 33.2 Å². The van der Waals surface area contributed by atoms with Crippen molar-refractivity contribution in [3.05, 3.63) is 64.7 Å². The predicted molar refractivity (Wildman–Crippen MR) is 88.9 cm³/mol. The molecule has 116 valence electrons. The maximum absolute atomic E-state index is 12.5. The average Bonchev–Trinajstić information content (AvgIpc) is 2.49. The van der Waals surface area contributed by atoms with E-state index in [9.17, 15) is 9.90 Å². The first-order valence-electron chi connectivity index (χ1n) is 7.49. The summed E-state index contributed by atoms with van der Waals surface area (Å²) in [7, 11) is 1.81. The van der Waals surface area contributed by atoms with Gasteiger partial charge in [-0.25, -0.2) is 0 Å². The molecule has 0 bridgehead atoms. The van der Waals surface area contributed by atoms with Gasteiger partial charge in [-0.3, -0.25) is 4.79 Å². The van der Waals surface area contributed by atoms with E-state index in [0.717, 1.165) is 22.3 Å². The van der Waals surface area contributed by atoms with Gasteiger partial charge in [0.2, 0.25) is 5.91 Å². The van der Waals surface area contributed by atoms with Crippen molar-refractivity contribution in [3.8, 4) is 5.75 Å². The average molecular weight is 297 g/mol. The normalized spacial score (nSPS) is 12.0. The number of carbonyl (C=O) groups excluding carboxylic acids is 1. The second kappa shape index (κ2) is 6.65. The second-order valence-electron chi connectivity index (χ2n) is 5.88.